The molecule has 0 aromatic rings. The Bertz CT molecular complexity index is 567. The van der Waals surface area contributed by atoms with Crippen molar-refractivity contribution in [3.63, 3.8) is 0 Å². The smallest absolute Gasteiger partial charge is 0.326 e. The molecule has 12 nitrogen and oxygen atoms in total. The number of nitrogens with one attached hydrogen (secondary N) is 3. The number of amides is 4. The molecule has 0 aliphatic heterocycles. The van der Waals surface area contributed by atoms with E-state index >= 15 is 0 Å². The van der Waals surface area contributed by atoms with Crippen LogP contribution in [-0.2, 0) is 24.0 Å². The summed E-state index contributed by atoms with van der Waals surface area (Å²) in [5.41, 5.74) is 10.3. The van der Waals surface area contributed by atoms with Crippen molar-refractivity contribution < 1.29 is 34.2 Å². The molecular formula is C15H27N5O7. The maximum atomic E-state index is 12.1. The normalized spacial score (nSPS) is 14.0. The first kappa shape index (κ1) is 24.3. The summed E-state index contributed by atoms with van der Waals surface area (Å²) in [6.07, 6.45) is -0.234. The molecule has 27 heavy (non-hydrogen) atoms. The summed E-state index contributed by atoms with van der Waals surface area (Å²) < 4.78 is 0. The van der Waals surface area contributed by atoms with E-state index in [1.807, 2.05) is 0 Å². The Kier molecular flexibility index (Phi) is 10.6. The first-order valence-corrected chi connectivity index (χ1v) is 8.22. The lowest BCUT2D eigenvalue weighted by Crippen LogP contribution is -2.55. The van der Waals surface area contributed by atoms with Crippen LogP contribution in [0, 0.1) is 5.92 Å². The molecule has 0 bridgehead atoms. The van der Waals surface area contributed by atoms with Crippen LogP contribution >= 0.6 is 0 Å². The summed E-state index contributed by atoms with van der Waals surface area (Å²) in [6, 6.07) is -3.79. The van der Waals surface area contributed by atoms with E-state index in [0.29, 0.717) is 0 Å². The summed E-state index contributed by atoms with van der Waals surface area (Å²) in [7, 11) is 0. The van der Waals surface area contributed by atoms with Gasteiger partial charge in [0.2, 0.25) is 23.6 Å². The van der Waals surface area contributed by atoms with Crippen molar-refractivity contribution in [3.8, 4) is 0 Å². The molecule has 3 atom stereocenters. The fourth-order valence-corrected chi connectivity index (χ4v) is 2.01. The van der Waals surface area contributed by atoms with Crippen molar-refractivity contribution in [2.45, 2.75) is 44.8 Å². The number of hydrogen-bond donors (Lipinski definition) is 7. The molecule has 0 aromatic heterocycles. The Labute approximate surface area is 156 Å². The van der Waals surface area contributed by atoms with Crippen LogP contribution in [0.15, 0.2) is 0 Å². The third-order valence-corrected chi connectivity index (χ3v) is 3.34. The Morgan fingerprint density at radius 1 is 1.00 bits per heavy atom. The number of nitrogens with two attached hydrogens (primary N) is 2. The van der Waals surface area contributed by atoms with Crippen LogP contribution in [0.2, 0.25) is 0 Å². The number of carbonyl (C=O) groups excluding carboxylic acids is 4. The zero-order valence-corrected chi connectivity index (χ0v) is 15.2. The minimum absolute atomic E-state index is 0.00612. The molecule has 0 spiro atoms. The third-order valence-electron chi connectivity index (χ3n) is 3.34. The van der Waals surface area contributed by atoms with Gasteiger partial charge in [-0.25, -0.2) is 4.79 Å². The lowest BCUT2D eigenvalue weighted by Gasteiger charge is -2.21. The molecule has 0 heterocycles. The zero-order valence-electron chi connectivity index (χ0n) is 15.2. The number of aliphatic hydroxyl groups excluding tert-OH is 1. The van der Waals surface area contributed by atoms with E-state index in [9.17, 15) is 29.1 Å². The van der Waals surface area contributed by atoms with Crippen molar-refractivity contribution in [2.75, 3.05) is 13.2 Å². The van der Waals surface area contributed by atoms with Crippen molar-refractivity contribution in [3.05, 3.63) is 0 Å². The van der Waals surface area contributed by atoms with Crippen LogP contribution < -0.4 is 27.4 Å². The molecule has 4 amide bonds. The second-order valence-corrected chi connectivity index (χ2v) is 6.33. The van der Waals surface area contributed by atoms with Gasteiger partial charge in [0.1, 0.15) is 12.1 Å². The molecule has 0 saturated carbocycles. The van der Waals surface area contributed by atoms with Gasteiger partial charge in [0.05, 0.1) is 25.6 Å². The second kappa shape index (κ2) is 11.8. The molecule has 0 radical (unpaired) electrons. The highest BCUT2D eigenvalue weighted by Gasteiger charge is 2.27. The number of aliphatic hydroxyl groups is 1. The van der Waals surface area contributed by atoms with Gasteiger partial charge in [-0.1, -0.05) is 13.8 Å². The highest BCUT2D eigenvalue weighted by molar-refractivity contribution is 5.93. The topological polar surface area (TPSA) is 214 Å². The molecular weight excluding hydrogens is 362 g/mol. The van der Waals surface area contributed by atoms with E-state index in [1.54, 1.807) is 13.8 Å². The summed E-state index contributed by atoms with van der Waals surface area (Å²) in [5.74, 6) is -4.52. The van der Waals surface area contributed by atoms with Gasteiger partial charge < -0.3 is 37.6 Å². The predicted molar refractivity (Wildman–Crippen MR) is 92.8 cm³/mol. The zero-order chi connectivity index (χ0) is 21.1. The molecule has 0 fully saturated rings. The van der Waals surface area contributed by atoms with Gasteiger partial charge in [-0.15, -0.1) is 0 Å². The van der Waals surface area contributed by atoms with Gasteiger partial charge in [-0.3, -0.25) is 19.2 Å². The standard InChI is InChI=1S/C15H27N5O7/c1-7(2)3-9(15(26)27)20-14(25)10(6-21)19-12(23)5-18-13(24)8(16)4-11(17)22/h7-10,21H,3-6,16H2,1-2H3,(H2,17,22)(H,18,24)(H,19,23)(H,20,25)(H,26,27). The SMILES string of the molecule is CC(C)CC(NC(=O)C(CO)NC(=O)CNC(=O)C(N)CC(N)=O)C(=O)O. The average molecular weight is 389 g/mol. The fourth-order valence-electron chi connectivity index (χ4n) is 2.01. The summed E-state index contributed by atoms with van der Waals surface area (Å²) in [4.78, 5) is 57.3. The first-order valence-electron chi connectivity index (χ1n) is 8.22. The van der Waals surface area contributed by atoms with Gasteiger partial charge in [0, 0.05) is 0 Å². The number of carboxylic acids is 1. The number of carboxylic acid groups (broad SMARTS) is 1. The number of aliphatic carboxylic acids is 1. The minimum Gasteiger partial charge on any atom is -0.480 e. The van der Waals surface area contributed by atoms with E-state index in [-0.39, 0.29) is 12.3 Å². The number of rotatable bonds is 12. The number of primary amides is 1. The fraction of sp³-hybridized carbons (Fsp3) is 0.667. The van der Waals surface area contributed by atoms with Crippen LogP contribution in [0.5, 0.6) is 0 Å². The van der Waals surface area contributed by atoms with E-state index in [2.05, 4.69) is 16.0 Å². The maximum absolute atomic E-state index is 12.1. The van der Waals surface area contributed by atoms with Crippen molar-refractivity contribution in [2.24, 2.45) is 17.4 Å². The molecule has 0 rings (SSSR count). The lowest BCUT2D eigenvalue weighted by atomic mass is 10.0. The lowest BCUT2D eigenvalue weighted by molar-refractivity contribution is -0.143. The monoisotopic (exact) mass is 389 g/mol. The second-order valence-electron chi connectivity index (χ2n) is 6.33. The molecule has 9 N–H and O–H groups in total. The Balaban J connectivity index is 4.61. The molecule has 0 aliphatic rings. The molecule has 0 aliphatic carbocycles. The maximum Gasteiger partial charge on any atom is 0.326 e. The molecule has 0 saturated heterocycles. The summed E-state index contributed by atoms with van der Waals surface area (Å²) in [6.45, 7) is 2.21. The van der Waals surface area contributed by atoms with Crippen molar-refractivity contribution in [1.29, 1.82) is 0 Å². The van der Waals surface area contributed by atoms with Gasteiger partial charge in [0.15, 0.2) is 0 Å². The molecule has 154 valence electrons. The van der Waals surface area contributed by atoms with Crippen molar-refractivity contribution >= 4 is 29.6 Å². The van der Waals surface area contributed by atoms with Crippen LogP contribution in [0.4, 0.5) is 0 Å². The van der Waals surface area contributed by atoms with Crippen LogP contribution in [0.25, 0.3) is 0 Å². The van der Waals surface area contributed by atoms with Gasteiger partial charge in [0.25, 0.3) is 0 Å². The first-order chi connectivity index (χ1) is 12.5. The predicted octanol–water partition coefficient (Wildman–Crippen LogP) is -3.60. The Hall–Kier alpha value is -2.73. The van der Waals surface area contributed by atoms with E-state index in [1.165, 1.54) is 0 Å². The quantitative estimate of drug-likeness (QED) is 0.176. The summed E-state index contributed by atoms with van der Waals surface area (Å²) in [5, 5.41) is 24.9. The average Bonchev–Trinajstić information content (AvgIpc) is 2.55. The van der Waals surface area contributed by atoms with Gasteiger partial charge >= 0.3 is 5.97 Å². The molecule has 12 heteroatoms. The molecule has 3 unspecified atom stereocenters. The molecule has 0 aromatic carbocycles. The van der Waals surface area contributed by atoms with E-state index < -0.39 is 67.3 Å². The Morgan fingerprint density at radius 3 is 2.04 bits per heavy atom. The van der Waals surface area contributed by atoms with Crippen LogP contribution in [0.3, 0.4) is 0 Å². The highest BCUT2D eigenvalue weighted by Crippen LogP contribution is 2.05. The Morgan fingerprint density at radius 2 is 1.59 bits per heavy atom. The number of carbonyl (C=O) groups is 5. The number of hydrogen-bond acceptors (Lipinski definition) is 7. The third kappa shape index (κ3) is 10.1. The van der Waals surface area contributed by atoms with Gasteiger partial charge in [-0.05, 0) is 12.3 Å². The van der Waals surface area contributed by atoms with E-state index in [4.69, 9.17) is 16.6 Å². The van der Waals surface area contributed by atoms with Gasteiger partial charge in [-0.2, -0.15) is 0 Å². The van der Waals surface area contributed by atoms with Crippen LogP contribution in [-0.4, -0.2) is 71.1 Å². The van der Waals surface area contributed by atoms with Crippen molar-refractivity contribution in [1.82, 2.24) is 16.0 Å². The largest absolute Gasteiger partial charge is 0.480 e. The van der Waals surface area contributed by atoms with Crippen LogP contribution in [0.1, 0.15) is 26.7 Å². The highest BCUT2D eigenvalue weighted by atomic mass is 16.4. The summed E-state index contributed by atoms with van der Waals surface area (Å²) >= 11 is 0. The van der Waals surface area contributed by atoms with E-state index in [0.717, 1.165) is 0 Å². The minimum atomic E-state index is -1.40.